The van der Waals surface area contributed by atoms with E-state index in [9.17, 15) is 14.0 Å². The summed E-state index contributed by atoms with van der Waals surface area (Å²) in [6, 6.07) is 13.4. The van der Waals surface area contributed by atoms with Crippen molar-refractivity contribution in [3.8, 4) is 0 Å². The molecule has 1 amide bonds. The van der Waals surface area contributed by atoms with Crippen molar-refractivity contribution in [3.63, 3.8) is 0 Å². The van der Waals surface area contributed by atoms with Crippen LogP contribution < -0.4 is 5.32 Å². The van der Waals surface area contributed by atoms with E-state index < -0.39 is 0 Å². The van der Waals surface area contributed by atoms with E-state index >= 15 is 0 Å². The smallest absolute Gasteiger partial charge is 0.220 e. The molecule has 1 atom stereocenters. The molecule has 1 fully saturated rings. The topological polar surface area (TPSA) is 58.6 Å². The molecule has 0 spiro atoms. The maximum absolute atomic E-state index is 13.0. The van der Waals surface area contributed by atoms with Crippen LogP contribution in [0.1, 0.15) is 40.4 Å². The Bertz CT molecular complexity index is 815. The molecule has 29 heavy (non-hydrogen) atoms. The highest BCUT2D eigenvalue weighted by molar-refractivity contribution is 5.97. The molecular weight excluding hydrogens is 371 g/mol. The van der Waals surface area contributed by atoms with E-state index in [-0.39, 0.29) is 36.4 Å². The van der Waals surface area contributed by atoms with E-state index in [4.69, 9.17) is 4.74 Å². The number of carbonyl (C=O) groups is 2. The molecule has 5 nitrogen and oxygen atoms in total. The Hall–Kier alpha value is -2.57. The van der Waals surface area contributed by atoms with Crippen molar-refractivity contribution in [1.82, 2.24) is 10.2 Å². The summed E-state index contributed by atoms with van der Waals surface area (Å²) in [5, 5.41) is 3.08. The summed E-state index contributed by atoms with van der Waals surface area (Å²) in [5.74, 6) is -0.720. The first-order chi connectivity index (χ1) is 14.0. The van der Waals surface area contributed by atoms with Gasteiger partial charge in [-0.3, -0.25) is 14.5 Å². The second-order valence-electron chi connectivity index (χ2n) is 7.37. The summed E-state index contributed by atoms with van der Waals surface area (Å²) < 4.78 is 18.4. The van der Waals surface area contributed by atoms with Gasteiger partial charge in [0.25, 0.3) is 0 Å². The Morgan fingerprint density at radius 1 is 1.03 bits per heavy atom. The average Bonchev–Trinajstić information content (AvgIpc) is 2.73. The summed E-state index contributed by atoms with van der Waals surface area (Å²) >= 11 is 0. The quantitative estimate of drug-likeness (QED) is 0.694. The third kappa shape index (κ3) is 6.48. The summed E-state index contributed by atoms with van der Waals surface area (Å²) in [6.45, 7) is 5.79. The molecule has 6 heteroatoms. The summed E-state index contributed by atoms with van der Waals surface area (Å²) in [6.07, 6.45) is 0.192. The van der Waals surface area contributed by atoms with Crippen LogP contribution in [0.3, 0.4) is 0 Å². The third-order valence-electron chi connectivity index (χ3n) is 5.10. The molecule has 0 saturated carbocycles. The van der Waals surface area contributed by atoms with E-state index in [0.717, 1.165) is 24.2 Å². The van der Waals surface area contributed by atoms with Crippen LogP contribution in [-0.2, 0) is 9.53 Å². The van der Waals surface area contributed by atoms with Gasteiger partial charge < -0.3 is 10.1 Å². The van der Waals surface area contributed by atoms with Crippen molar-refractivity contribution in [2.24, 2.45) is 0 Å². The number of aryl methyl sites for hydroxylation is 1. The van der Waals surface area contributed by atoms with Crippen molar-refractivity contribution >= 4 is 11.7 Å². The summed E-state index contributed by atoms with van der Waals surface area (Å²) in [4.78, 5) is 27.1. The summed E-state index contributed by atoms with van der Waals surface area (Å²) in [5.41, 5.74) is 2.62. The lowest BCUT2D eigenvalue weighted by Crippen LogP contribution is -2.43. The van der Waals surface area contributed by atoms with Gasteiger partial charge in [-0.2, -0.15) is 0 Å². The largest absolute Gasteiger partial charge is 0.379 e. The molecule has 154 valence electrons. The van der Waals surface area contributed by atoms with Crippen LogP contribution in [0.5, 0.6) is 0 Å². The van der Waals surface area contributed by atoms with Gasteiger partial charge in [0.1, 0.15) is 5.82 Å². The van der Waals surface area contributed by atoms with Crippen LogP contribution in [0, 0.1) is 12.7 Å². The zero-order valence-corrected chi connectivity index (χ0v) is 16.7. The van der Waals surface area contributed by atoms with Crippen molar-refractivity contribution < 1.29 is 18.7 Å². The van der Waals surface area contributed by atoms with Gasteiger partial charge >= 0.3 is 0 Å². The predicted molar refractivity (Wildman–Crippen MR) is 109 cm³/mol. The number of carbonyl (C=O) groups excluding carboxylic acids is 2. The van der Waals surface area contributed by atoms with Crippen molar-refractivity contribution in [1.29, 1.82) is 0 Å². The lowest BCUT2D eigenvalue weighted by atomic mass is 10.0. The number of Topliss-reactive ketones (excluding diaryl/α,β-unsaturated/α-hetero) is 1. The standard InChI is InChI=1S/C23H27FN2O3/c1-17-2-4-18(5-3-17)21(16-26-12-14-29-15-13-26)25-23(28)11-10-22(27)19-6-8-20(24)9-7-19/h2-9,21H,10-16H2,1H3,(H,25,28). The van der Waals surface area contributed by atoms with Gasteiger partial charge in [-0.1, -0.05) is 29.8 Å². The minimum absolute atomic E-state index is 0.0929. The van der Waals surface area contributed by atoms with Gasteiger partial charge in [-0.05, 0) is 36.8 Å². The van der Waals surface area contributed by atoms with E-state index in [1.54, 1.807) is 0 Å². The zero-order chi connectivity index (χ0) is 20.6. The first-order valence-electron chi connectivity index (χ1n) is 9.96. The van der Waals surface area contributed by atoms with E-state index in [0.29, 0.717) is 25.3 Å². The first kappa shape index (κ1) is 21.1. The number of morpholine rings is 1. The Morgan fingerprint density at radius 2 is 1.69 bits per heavy atom. The molecule has 0 aromatic heterocycles. The lowest BCUT2D eigenvalue weighted by molar-refractivity contribution is -0.122. The minimum Gasteiger partial charge on any atom is -0.379 e. The fraction of sp³-hybridized carbons (Fsp3) is 0.391. The number of halogens is 1. The number of nitrogens with zero attached hydrogens (tertiary/aromatic N) is 1. The normalized spacial score (nSPS) is 15.7. The SMILES string of the molecule is Cc1ccc(C(CN2CCOCC2)NC(=O)CCC(=O)c2ccc(F)cc2)cc1. The van der Waals surface area contributed by atoms with Crippen LogP contribution in [0.2, 0.25) is 0 Å². The molecule has 0 bridgehead atoms. The fourth-order valence-corrected chi connectivity index (χ4v) is 3.35. The molecule has 0 aliphatic carbocycles. The molecule has 2 aromatic carbocycles. The Morgan fingerprint density at radius 3 is 2.34 bits per heavy atom. The van der Waals surface area contributed by atoms with Crippen LogP contribution in [0.25, 0.3) is 0 Å². The van der Waals surface area contributed by atoms with Crippen molar-refractivity contribution in [3.05, 3.63) is 71.0 Å². The fourth-order valence-electron chi connectivity index (χ4n) is 3.35. The van der Waals surface area contributed by atoms with Gasteiger partial charge in [-0.15, -0.1) is 0 Å². The van der Waals surface area contributed by atoms with E-state index in [1.807, 2.05) is 31.2 Å². The lowest BCUT2D eigenvalue weighted by Gasteiger charge is -2.31. The number of ether oxygens (including phenoxy) is 1. The molecule has 1 saturated heterocycles. The molecule has 1 aliphatic heterocycles. The molecule has 2 aromatic rings. The Balaban J connectivity index is 1.59. The van der Waals surface area contributed by atoms with Gasteiger partial charge in [-0.25, -0.2) is 4.39 Å². The maximum atomic E-state index is 13.0. The second-order valence-corrected chi connectivity index (χ2v) is 7.37. The van der Waals surface area contributed by atoms with Gasteiger partial charge in [0, 0.05) is 38.0 Å². The van der Waals surface area contributed by atoms with E-state index in [2.05, 4.69) is 10.2 Å². The molecular formula is C23H27FN2O3. The van der Waals surface area contributed by atoms with Crippen LogP contribution in [-0.4, -0.2) is 49.4 Å². The minimum atomic E-state index is -0.386. The van der Waals surface area contributed by atoms with Crippen molar-refractivity contribution in [2.45, 2.75) is 25.8 Å². The van der Waals surface area contributed by atoms with Crippen molar-refractivity contribution in [2.75, 3.05) is 32.8 Å². The molecule has 1 unspecified atom stereocenters. The van der Waals surface area contributed by atoms with Crippen LogP contribution in [0.4, 0.5) is 4.39 Å². The highest BCUT2D eigenvalue weighted by Gasteiger charge is 2.20. The molecule has 1 N–H and O–H groups in total. The second kappa shape index (κ2) is 10.3. The first-order valence-corrected chi connectivity index (χ1v) is 9.96. The number of ketones is 1. The third-order valence-corrected chi connectivity index (χ3v) is 5.10. The number of nitrogens with one attached hydrogen (secondary N) is 1. The Kier molecular flexibility index (Phi) is 7.49. The molecule has 1 aliphatic rings. The number of benzene rings is 2. The summed E-state index contributed by atoms with van der Waals surface area (Å²) in [7, 11) is 0. The van der Waals surface area contributed by atoms with Gasteiger partial charge in [0.15, 0.2) is 5.78 Å². The molecule has 1 heterocycles. The highest BCUT2D eigenvalue weighted by Crippen LogP contribution is 2.17. The highest BCUT2D eigenvalue weighted by atomic mass is 19.1. The maximum Gasteiger partial charge on any atom is 0.220 e. The molecule has 3 rings (SSSR count). The van der Waals surface area contributed by atoms with Crippen LogP contribution in [0.15, 0.2) is 48.5 Å². The average molecular weight is 398 g/mol. The Labute approximate surface area is 170 Å². The zero-order valence-electron chi connectivity index (χ0n) is 16.7. The monoisotopic (exact) mass is 398 g/mol. The van der Waals surface area contributed by atoms with E-state index in [1.165, 1.54) is 24.3 Å². The van der Waals surface area contributed by atoms with Crippen LogP contribution >= 0.6 is 0 Å². The number of amides is 1. The molecule has 0 radical (unpaired) electrons. The van der Waals surface area contributed by atoms with Gasteiger partial charge in [0.2, 0.25) is 5.91 Å². The number of hydrogen-bond donors (Lipinski definition) is 1. The number of hydrogen-bond acceptors (Lipinski definition) is 4. The predicted octanol–water partition coefficient (Wildman–Crippen LogP) is 3.29. The van der Waals surface area contributed by atoms with Gasteiger partial charge in [0.05, 0.1) is 19.3 Å². The number of rotatable bonds is 8.